The Morgan fingerprint density at radius 2 is 1.76 bits per heavy atom. The minimum atomic E-state index is -0.215. The van der Waals surface area contributed by atoms with Gasteiger partial charge in [0.15, 0.2) is 0 Å². The van der Waals surface area contributed by atoms with Crippen LogP contribution in [0.5, 0.6) is 0 Å². The predicted molar refractivity (Wildman–Crippen MR) is 103 cm³/mol. The molecule has 4 nitrogen and oxygen atoms in total. The topological polar surface area (TPSA) is 58.2 Å². The maximum Gasteiger partial charge on any atom is 0.237 e. The van der Waals surface area contributed by atoms with Gasteiger partial charge in [-0.1, -0.05) is 12.1 Å². The van der Waals surface area contributed by atoms with E-state index in [1.54, 1.807) is 0 Å². The van der Waals surface area contributed by atoms with Crippen molar-refractivity contribution < 1.29 is 9.59 Å². The first-order valence-corrected chi connectivity index (χ1v) is 9.34. The molecule has 1 atom stereocenters. The lowest BCUT2D eigenvalue weighted by atomic mass is 10.2. The third kappa shape index (κ3) is 5.10. The molecule has 1 unspecified atom stereocenters. The molecule has 1 aliphatic carbocycles. The van der Waals surface area contributed by atoms with Crippen molar-refractivity contribution in [2.45, 2.75) is 36.8 Å². The third-order valence-electron chi connectivity index (χ3n) is 4.04. The van der Waals surface area contributed by atoms with Gasteiger partial charge in [0, 0.05) is 22.2 Å². The Hall–Kier alpha value is -2.27. The molecule has 0 radical (unpaired) electrons. The molecule has 1 fully saturated rings. The Balaban J connectivity index is 1.53. The number of benzene rings is 2. The molecule has 5 heteroatoms. The van der Waals surface area contributed by atoms with Crippen LogP contribution in [0.25, 0.3) is 0 Å². The molecule has 0 spiro atoms. The van der Waals surface area contributed by atoms with Crippen LogP contribution in [0.2, 0.25) is 0 Å². The van der Waals surface area contributed by atoms with E-state index in [2.05, 4.69) is 10.6 Å². The molecule has 1 saturated carbocycles. The molecular weight excluding hydrogens is 332 g/mol. The second kappa shape index (κ2) is 7.74. The van der Waals surface area contributed by atoms with E-state index >= 15 is 0 Å². The van der Waals surface area contributed by atoms with Crippen LogP contribution in [0.4, 0.5) is 11.4 Å². The van der Waals surface area contributed by atoms with Crippen molar-refractivity contribution in [3.05, 3.63) is 54.1 Å². The first-order valence-electron chi connectivity index (χ1n) is 8.46. The van der Waals surface area contributed by atoms with E-state index in [0.717, 1.165) is 34.7 Å². The van der Waals surface area contributed by atoms with Crippen molar-refractivity contribution in [2.24, 2.45) is 5.92 Å². The third-order valence-corrected chi connectivity index (χ3v) is 5.15. The molecule has 0 heterocycles. The lowest BCUT2D eigenvalue weighted by Crippen LogP contribution is -2.22. The van der Waals surface area contributed by atoms with Gasteiger partial charge in [0.25, 0.3) is 0 Å². The number of hydrogen-bond donors (Lipinski definition) is 2. The molecule has 130 valence electrons. The summed E-state index contributed by atoms with van der Waals surface area (Å²) in [7, 11) is 0. The smallest absolute Gasteiger partial charge is 0.237 e. The number of anilines is 2. The average Bonchev–Trinajstić information content (AvgIpc) is 3.41. The van der Waals surface area contributed by atoms with Gasteiger partial charge in [-0.15, -0.1) is 11.8 Å². The number of thioether (sulfide) groups is 1. The van der Waals surface area contributed by atoms with Gasteiger partial charge in [-0.05, 0) is 68.7 Å². The van der Waals surface area contributed by atoms with E-state index in [0.29, 0.717) is 0 Å². The summed E-state index contributed by atoms with van der Waals surface area (Å²) in [6.45, 7) is 3.88. The van der Waals surface area contributed by atoms with Crippen molar-refractivity contribution in [3.8, 4) is 0 Å². The Labute approximate surface area is 152 Å². The van der Waals surface area contributed by atoms with E-state index in [4.69, 9.17) is 0 Å². The fraction of sp³-hybridized carbons (Fsp3) is 0.300. The summed E-state index contributed by atoms with van der Waals surface area (Å²) in [6, 6.07) is 15.4. The standard InChI is InChI=1S/C20H22N2O2S/c1-13-4-3-5-17(12-13)22-19(23)14(2)25-18-10-8-16(9-11-18)21-20(24)15-6-7-15/h3-5,8-12,14-15H,6-7H2,1-2H3,(H,21,24)(H,22,23). The minimum absolute atomic E-state index is 0.0262. The highest BCUT2D eigenvalue weighted by Crippen LogP contribution is 2.31. The number of nitrogens with one attached hydrogen (secondary N) is 2. The van der Waals surface area contributed by atoms with E-state index in [1.807, 2.05) is 62.4 Å². The number of aryl methyl sites for hydroxylation is 1. The molecule has 2 N–H and O–H groups in total. The number of rotatable bonds is 6. The molecule has 0 saturated heterocycles. The Bertz CT molecular complexity index is 770. The second-order valence-electron chi connectivity index (χ2n) is 6.41. The monoisotopic (exact) mass is 354 g/mol. The van der Waals surface area contributed by atoms with E-state index in [9.17, 15) is 9.59 Å². The highest BCUT2D eigenvalue weighted by molar-refractivity contribution is 8.00. The Kier molecular flexibility index (Phi) is 5.43. The van der Waals surface area contributed by atoms with Gasteiger partial charge in [-0.25, -0.2) is 0 Å². The van der Waals surface area contributed by atoms with Crippen molar-refractivity contribution in [1.29, 1.82) is 0 Å². The summed E-state index contributed by atoms with van der Waals surface area (Å²) >= 11 is 1.50. The van der Waals surface area contributed by atoms with Gasteiger partial charge in [0.1, 0.15) is 0 Å². The average molecular weight is 354 g/mol. The molecule has 0 aromatic heterocycles. The number of carbonyl (C=O) groups excluding carboxylic acids is 2. The fourth-order valence-electron chi connectivity index (χ4n) is 2.43. The predicted octanol–water partition coefficient (Wildman–Crippen LogP) is 4.46. The lowest BCUT2D eigenvalue weighted by molar-refractivity contribution is -0.117. The van der Waals surface area contributed by atoms with Gasteiger partial charge < -0.3 is 10.6 Å². The van der Waals surface area contributed by atoms with Gasteiger partial charge in [0.05, 0.1) is 5.25 Å². The zero-order valence-electron chi connectivity index (χ0n) is 14.4. The van der Waals surface area contributed by atoms with Crippen molar-refractivity contribution in [3.63, 3.8) is 0 Å². The lowest BCUT2D eigenvalue weighted by Gasteiger charge is -2.13. The van der Waals surface area contributed by atoms with Crippen LogP contribution in [0.3, 0.4) is 0 Å². The summed E-state index contributed by atoms with van der Waals surface area (Å²) in [4.78, 5) is 25.1. The molecule has 3 rings (SSSR count). The van der Waals surface area contributed by atoms with Crippen LogP contribution in [-0.4, -0.2) is 17.1 Å². The van der Waals surface area contributed by atoms with Crippen LogP contribution in [-0.2, 0) is 9.59 Å². The normalized spacial score (nSPS) is 14.6. The van der Waals surface area contributed by atoms with Crippen molar-refractivity contribution in [2.75, 3.05) is 10.6 Å². The van der Waals surface area contributed by atoms with Crippen LogP contribution in [0.1, 0.15) is 25.3 Å². The Morgan fingerprint density at radius 1 is 1.04 bits per heavy atom. The van der Waals surface area contributed by atoms with Gasteiger partial charge in [-0.2, -0.15) is 0 Å². The maximum atomic E-state index is 12.3. The maximum absolute atomic E-state index is 12.3. The molecule has 2 aromatic rings. The zero-order chi connectivity index (χ0) is 17.8. The molecule has 2 amide bonds. The van der Waals surface area contributed by atoms with Gasteiger partial charge >= 0.3 is 0 Å². The summed E-state index contributed by atoms with van der Waals surface area (Å²) < 4.78 is 0. The van der Waals surface area contributed by atoms with E-state index < -0.39 is 0 Å². The summed E-state index contributed by atoms with van der Waals surface area (Å²) in [6.07, 6.45) is 1.99. The van der Waals surface area contributed by atoms with Gasteiger partial charge in [-0.3, -0.25) is 9.59 Å². The van der Waals surface area contributed by atoms with Crippen LogP contribution < -0.4 is 10.6 Å². The fourth-order valence-corrected chi connectivity index (χ4v) is 3.30. The summed E-state index contributed by atoms with van der Waals surface area (Å²) in [5.41, 5.74) is 2.73. The largest absolute Gasteiger partial charge is 0.326 e. The van der Waals surface area contributed by atoms with Crippen LogP contribution >= 0.6 is 11.8 Å². The van der Waals surface area contributed by atoms with Crippen molar-refractivity contribution in [1.82, 2.24) is 0 Å². The SMILES string of the molecule is Cc1cccc(NC(=O)C(C)Sc2ccc(NC(=O)C3CC3)cc2)c1. The number of carbonyl (C=O) groups is 2. The van der Waals surface area contributed by atoms with E-state index in [1.165, 1.54) is 11.8 Å². The second-order valence-corrected chi connectivity index (χ2v) is 7.82. The molecule has 2 aromatic carbocycles. The quantitative estimate of drug-likeness (QED) is 0.753. The molecule has 0 bridgehead atoms. The summed E-state index contributed by atoms with van der Waals surface area (Å²) in [5.74, 6) is 0.271. The molecule has 25 heavy (non-hydrogen) atoms. The number of amides is 2. The van der Waals surface area contributed by atoms with E-state index in [-0.39, 0.29) is 23.0 Å². The Morgan fingerprint density at radius 3 is 2.40 bits per heavy atom. The first kappa shape index (κ1) is 17.5. The van der Waals surface area contributed by atoms with Crippen LogP contribution in [0, 0.1) is 12.8 Å². The molecule has 1 aliphatic rings. The van der Waals surface area contributed by atoms with Crippen molar-refractivity contribution >= 4 is 35.0 Å². The zero-order valence-corrected chi connectivity index (χ0v) is 15.2. The summed E-state index contributed by atoms with van der Waals surface area (Å²) in [5, 5.41) is 5.65. The minimum Gasteiger partial charge on any atom is -0.326 e. The highest BCUT2D eigenvalue weighted by Gasteiger charge is 2.29. The number of hydrogen-bond acceptors (Lipinski definition) is 3. The van der Waals surface area contributed by atoms with Gasteiger partial charge in [0.2, 0.25) is 11.8 Å². The molecular formula is C20H22N2O2S. The first-order chi connectivity index (χ1) is 12.0. The van der Waals surface area contributed by atoms with Crippen LogP contribution in [0.15, 0.2) is 53.4 Å². The highest BCUT2D eigenvalue weighted by atomic mass is 32.2. The molecule has 0 aliphatic heterocycles.